The van der Waals surface area contributed by atoms with Crippen molar-refractivity contribution in [2.45, 2.75) is 19.1 Å². The summed E-state index contributed by atoms with van der Waals surface area (Å²) < 4.78 is 39.4. The molecule has 1 atom stereocenters. The smallest absolute Gasteiger partial charge is 0.343 e. The second-order valence-electron chi connectivity index (χ2n) is 4.25. The maximum absolute atomic E-state index is 12.6. The van der Waals surface area contributed by atoms with Crippen LogP contribution in [0.1, 0.15) is 13.0 Å². The van der Waals surface area contributed by atoms with Gasteiger partial charge in [0.05, 0.1) is 22.8 Å². The third-order valence-electron chi connectivity index (χ3n) is 2.97. The third kappa shape index (κ3) is 2.02. The van der Waals surface area contributed by atoms with Gasteiger partial charge in [0, 0.05) is 7.05 Å². The number of halogens is 3. The molecule has 0 saturated heterocycles. The number of aromatic nitrogens is 3. The van der Waals surface area contributed by atoms with Gasteiger partial charge in [-0.2, -0.15) is 18.3 Å². The number of nitro groups is 1. The lowest BCUT2D eigenvalue weighted by Gasteiger charge is -2.16. The Morgan fingerprint density at radius 2 is 2.05 bits per heavy atom. The van der Waals surface area contributed by atoms with E-state index < -0.39 is 28.4 Å². The van der Waals surface area contributed by atoms with Crippen molar-refractivity contribution in [2.24, 2.45) is 7.05 Å². The van der Waals surface area contributed by atoms with Crippen molar-refractivity contribution in [2.75, 3.05) is 0 Å². The Hall–Kier alpha value is -2.39. The van der Waals surface area contributed by atoms with Gasteiger partial charge in [0.25, 0.3) is 11.2 Å². The van der Waals surface area contributed by atoms with Gasteiger partial charge < -0.3 is 4.57 Å². The van der Waals surface area contributed by atoms with Crippen LogP contribution in [0, 0.1) is 10.1 Å². The first-order valence-corrected chi connectivity index (χ1v) is 5.42. The summed E-state index contributed by atoms with van der Waals surface area (Å²) in [7, 11) is 1.44. The van der Waals surface area contributed by atoms with Crippen molar-refractivity contribution in [1.29, 1.82) is 0 Å². The van der Waals surface area contributed by atoms with Crippen LogP contribution in [0.5, 0.6) is 0 Å². The van der Waals surface area contributed by atoms with Crippen LogP contribution in [-0.4, -0.2) is 25.4 Å². The fourth-order valence-corrected chi connectivity index (χ4v) is 1.84. The van der Waals surface area contributed by atoms with Gasteiger partial charge in [-0.05, 0) is 6.92 Å². The zero-order valence-corrected chi connectivity index (χ0v) is 10.4. The van der Waals surface area contributed by atoms with Gasteiger partial charge >= 0.3 is 6.18 Å². The fraction of sp³-hybridized carbons (Fsp3) is 0.400. The highest BCUT2D eigenvalue weighted by Gasteiger charge is 2.39. The molecule has 0 aromatic carbocycles. The molecule has 0 radical (unpaired) electrons. The highest BCUT2D eigenvalue weighted by atomic mass is 19.4. The molecular formula is C10H9F3N4O3. The minimum Gasteiger partial charge on any atom is -0.343 e. The summed E-state index contributed by atoms with van der Waals surface area (Å²) in [6.45, 7) is 0.759. The van der Waals surface area contributed by atoms with E-state index in [-0.39, 0.29) is 15.6 Å². The number of nitrogens with zero attached hydrogens (tertiary/aromatic N) is 4. The molecule has 0 aliphatic carbocycles. The molecule has 0 saturated carbocycles. The molecule has 0 spiro atoms. The lowest BCUT2D eigenvalue weighted by molar-refractivity contribution is -0.383. The SMILES string of the molecule is CC(n1ncc2c(c([N+](=O)[O-])cn2C)c1=O)C(F)(F)F. The highest BCUT2D eigenvalue weighted by Crippen LogP contribution is 2.29. The monoisotopic (exact) mass is 290 g/mol. The van der Waals surface area contributed by atoms with Crippen molar-refractivity contribution >= 4 is 16.6 Å². The van der Waals surface area contributed by atoms with Crippen LogP contribution in [0.4, 0.5) is 18.9 Å². The van der Waals surface area contributed by atoms with Crippen LogP contribution in [0.15, 0.2) is 17.2 Å². The van der Waals surface area contributed by atoms with Gasteiger partial charge in [0.15, 0.2) is 0 Å². The lowest BCUT2D eigenvalue weighted by Crippen LogP contribution is -2.34. The molecule has 2 aromatic rings. The van der Waals surface area contributed by atoms with Crippen LogP contribution < -0.4 is 5.56 Å². The summed E-state index contributed by atoms with van der Waals surface area (Å²) >= 11 is 0. The van der Waals surface area contributed by atoms with Crippen molar-refractivity contribution < 1.29 is 18.1 Å². The summed E-state index contributed by atoms with van der Waals surface area (Å²) in [5.41, 5.74) is -1.58. The van der Waals surface area contributed by atoms with E-state index in [1.54, 1.807) is 0 Å². The summed E-state index contributed by atoms with van der Waals surface area (Å²) in [6.07, 6.45) is -2.60. The molecule has 1 unspecified atom stereocenters. The Morgan fingerprint density at radius 1 is 1.45 bits per heavy atom. The number of alkyl halides is 3. The predicted molar refractivity (Wildman–Crippen MR) is 62.4 cm³/mol. The zero-order chi connectivity index (χ0) is 15.2. The van der Waals surface area contributed by atoms with Crippen LogP contribution in [0.25, 0.3) is 10.9 Å². The zero-order valence-electron chi connectivity index (χ0n) is 10.4. The number of rotatable bonds is 2. The van der Waals surface area contributed by atoms with Crippen molar-refractivity contribution in [1.82, 2.24) is 14.3 Å². The van der Waals surface area contributed by atoms with Crippen LogP contribution >= 0.6 is 0 Å². The topological polar surface area (TPSA) is 83.0 Å². The lowest BCUT2D eigenvalue weighted by atomic mass is 10.3. The third-order valence-corrected chi connectivity index (χ3v) is 2.97. The van der Waals surface area contributed by atoms with E-state index >= 15 is 0 Å². The summed E-state index contributed by atoms with van der Waals surface area (Å²) in [5.74, 6) is 0. The van der Waals surface area contributed by atoms with Crippen molar-refractivity contribution in [3.63, 3.8) is 0 Å². The first-order valence-electron chi connectivity index (χ1n) is 5.42. The molecule has 0 aliphatic rings. The highest BCUT2D eigenvalue weighted by molar-refractivity contribution is 5.88. The average molecular weight is 290 g/mol. The number of hydrogen-bond acceptors (Lipinski definition) is 4. The molecule has 20 heavy (non-hydrogen) atoms. The standard InChI is InChI=1S/C10H9F3N4O3/c1-5(10(11,12)13)16-9(18)8-6(3-14-16)15(2)4-7(8)17(19)20/h3-5H,1-2H3. The molecule has 0 N–H and O–H groups in total. The van der Waals surface area contributed by atoms with E-state index in [2.05, 4.69) is 5.10 Å². The molecule has 2 heterocycles. The molecule has 7 nitrogen and oxygen atoms in total. The number of aryl methyl sites for hydroxylation is 1. The van der Waals surface area contributed by atoms with Crippen molar-refractivity contribution in [3.8, 4) is 0 Å². The normalized spacial score (nSPS) is 13.7. The molecule has 10 heteroatoms. The predicted octanol–water partition coefficient (Wildman–Crippen LogP) is 1.77. The number of hydrogen-bond donors (Lipinski definition) is 0. The van der Waals surface area contributed by atoms with Gasteiger partial charge in [-0.15, -0.1) is 0 Å². The molecule has 0 fully saturated rings. The van der Waals surface area contributed by atoms with Crippen LogP contribution in [0.2, 0.25) is 0 Å². The second kappa shape index (κ2) is 4.32. The van der Waals surface area contributed by atoms with E-state index in [0.29, 0.717) is 0 Å². The van der Waals surface area contributed by atoms with Crippen LogP contribution in [0.3, 0.4) is 0 Å². The largest absolute Gasteiger partial charge is 0.410 e. The van der Waals surface area contributed by atoms with Gasteiger partial charge in [0.2, 0.25) is 0 Å². The molecular weight excluding hydrogens is 281 g/mol. The maximum Gasteiger partial charge on any atom is 0.410 e. The minimum absolute atomic E-state index is 0.104. The molecule has 108 valence electrons. The second-order valence-corrected chi connectivity index (χ2v) is 4.25. The quantitative estimate of drug-likeness (QED) is 0.623. The Kier molecular flexibility index (Phi) is 3.03. The van der Waals surface area contributed by atoms with Crippen molar-refractivity contribution in [3.05, 3.63) is 32.9 Å². The summed E-state index contributed by atoms with van der Waals surface area (Å²) in [5, 5.41) is 13.9. The first-order chi connectivity index (χ1) is 9.14. The van der Waals surface area contributed by atoms with Gasteiger partial charge in [-0.25, -0.2) is 4.68 Å². The molecule has 2 rings (SSSR count). The Morgan fingerprint density at radius 3 is 2.55 bits per heavy atom. The van der Waals surface area contributed by atoms with E-state index in [1.807, 2.05) is 0 Å². The van der Waals surface area contributed by atoms with Gasteiger partial charge in [-0.1, -0.05) is 0 Å². The maximum atomic E-state index is 12.6. The summed E-state index contributed by atoms with van der Waals surface area (Å²) in [6, 6.07) is -2.17. The van der Waals surface area contributed by atoms with Gasteiger partial charge in [-0.3, -0.25) is 14.9 Å². The van der Waals surface area contributed by atoms with E-state index in [0.717, 1.165) is 19.3 Å². The fourth-order valence-electron chi connectivity index (χ4n) is 1.84. The van der Waals surface area contributed by atoms with Crippen LogP contribution in [-0.2, 0) is 7.05 Å². The Balaban J connectivity index is 2.80. The Labute approximate surface area is 109 Å². The number of fused-ring (bicyclic) bond motifs is 1. The van der Waals surface area contributed by atoms with Gasteiger partial charge in [0.1, 0.15) is 11.4 Å². The minimum atomic E-state index is -4.67. The summed E-state index contributed by atoms with van der Waals surface area (Å²) in [4.78, 5) is 22.1. The molecule has 0 amide bonds. The first kappa shape index (κ1) is 14.0. The molecule has 0 aliphatic heterocycles. The average Bonchev–Trinajstić information content (AvgIpc) is 2.66. The molecule has 2 aromatic heterocycles. The molecule has 0 bridgehead atoms. The van der Waals surface area contributed by atoms with E-state index in [4.69, 9.17) is 0 Å². The van der Waals surface area contributed by atoms with E-state index in [1.165, 1.54) is 11.6 Å². The Bertz CT molecular complexity index is 747. The van der Waals surface area contributed by atoms with E-state index in [9.17, 15) is 28.1 Å².